The van der Waals surface area contributed by atoms with E-state index >= 15 is 0 Å². The number of fused-ring (bicyclic) bond motifs is 1. The number of urea groups is 1. The second-order valence-electron chi connectivity index (χ2n) is 9.23. The molecule has 1 aromatic carbocycles. The average molecular weight is 454 g/mol. The van der Waals surface area contributed by atoms with Crippen LogP contribution in [-0.4, -0.2) is 102 Å². The Morgan fingerprint density at radius 2 is 1.64 bits per heavy atom. The van der Waals surface area contributed by atoms with Gasteiger partial charge in [-0.3, -0.25) is 19.5 Å². The molecule has 0 bridgehead atoms. The summed E-state index contributed by atoms with van der Waals surface area (Å²) in [4.78, 5) is 38.0. The second-order valence-corrected chi connectivity index (χ2v) is 9.23. The number of hydrogen-bond acceptors (Lipinski definition) is 5. The van der Waals surface area contributed by atoms with Crippen molar-refractivity contribution in [2.75, 3.05) is 58.3 Å². The topological polar surface area (TPSA) is 62.5 Å². The highest BCUT2D eigenvalue weighted by Crippen LogP contribution is 2.21. The van der Waals surface area contributed by atoms with Gasteiger partial charge in [0, 0.05) is 46.0 Å². The number of unbranched alkanes of at least 4 members (excludes halogenated alkanes) is 4. The number of rotatable bonds is 9. The predicted molar refractivity (Wildman–Crippen MR) is 131 cm³/mol. The number of piperazine rings is 1. The summed E-state index contributed by atoms with van der Waals surface area (Å²) in [7, 11) is 3.29. The fraction of sp³-hybridized carbons (Fsp3) is 0.600. The maximum Gasteiger partial charge on any atom is 0.333 e. The van der Waals surface area contributed by atoms with E-state index in [1.54, 1.807) is 14.1 Å². The van der Waals surface area contributed by atoms with E-state index < -0.39 is 6.04 Å². The molecule has 3 aliphatic rings. The molecule has 2 fully saturated rings. The number of hydrogen-bond donors (Lipinski definition) is 0. The van der Waals surface area contributed by atoms with Crippen LogP contribution in [-0.2, 0) is 4.79 Å². The minimum Gasteiger partial charge on any atom is -0.369 e. The molecular formula is C25H37N6O2+. The summed E-state index contributed by atoms with van der Waals surface area (Å²) in [5.74, 6) is 1.32. The van der Waals surface area contributed by atoms with E-state index in [-0.39, 0.29) is 11.9 Å². The Bertz CT molecular complexity index is 920. The van der Waals surface area contributed by atoms with E-state index in [2.05, 4.69) is 45.6 Å². The van der Waals surface area contributed by atoms with E-state index in [0.717, 1.165) is 51.4 Å². The first-order valence-electron chi connectivity index (χ1n) is 12.3. The van der Waals surface area contributed by atoms with Crippen molar-refractivity contribution in [2.24, 2.45) is 4.99 Å². The maximum absolute atomic E-state index is 13.1. The van der Waals surface area contributed by atoms with E-state index in [0.29, 0.717) is 12.4 Å². The monoisotopic (exact) mass is 453 g/mol. The molecule has 3 aliphatic heterocycles. The number of para-hydroxylation sites is 1. The zero-order chi connectivity index (χ0) is 23.4. The van der Waals surface area contributed by atoms with Gasteiger partial charge in [0.25, 0.3) is 17.8 Å². The summed E-state index contributed by atoms with van der Waals surface area (Å²) in [5.41, 5.74) is 1.26. The minimum absolute atomic E-state index is 0.172. The standard InChI is InChI=1S/C25H37N6O2/c1-4-5-6-7-11-14-31-21(26-23-22(31)24(32)28(3)25(33)27(23)2)19-29-15-17-30(18-16-29)20-12-9-8-10-13-20/h8-10,12-13,22H,4-7,11,14-19H2,1-3H3/q+1. The molecule has 4 rings (SSSR count). The normalized spacial score (nSPS) is 21.7. The zero-order valence-electron chi connectivity index (χ0n) is 20.2. The molecule has 3 heterocycles. The van der Waals surface area contributed by atoms with Gasteiger partial charge < -0.3 is 4.90 Å². The van der Waals surface area contributed by atoms with Crippen LogP contribution < -0.4 is 4.90 Å². The van der Waals surface area contributed by atoms with Gasteiger partial charge in [0.05, 0.1) is 6.54 Å². The lowest BCUT2D eigenvalue weighted by Gasteiger charge is -2.35. The van der Waals surface area contributed by atoms with Crippen molar-refractivity contribution in [3.8, 4) is 0 Å². The van der Waals surface area contributed by atoms with Crippen LogP contribution in [0.1, 0.15) is 39.0 Å². The van der Waals surface area contributed by atoms with Gasteiger partial charge in [-0.1, -0.05) is 44.4 Å². The second kappa shape index (κ2) is 10.5. The molecule has 1 unspecified atom stereocenters. The van der Waals surface area contributed by atoms with Crippen LogP contribution in [0.5, 0.6) is 0 Å². The van der Waals surface area contributed by atoms with E-state index in [9.17, 15) is 9.59 Å². The first-order chi connectivity index (χ1) is 16.0. The van der Waals surface area contributed by atoms with E-state index in [4.69, 9.17) is 4.99 Å². The third-order valence-corrected chi connectivity index (χ3v) is 6.97. The number of imide groups is 1. The van der Waals surface area contributed by atoms with Gasteiger partial charge in [-0.05, 0) is 30.0 Å². The molecule has 0 aromatic heterocycles. The fourth-order valence-corrected chi connectivity index (χ4v) is 4.92. The quantitative estimate of drug-likeness (QED) is 0.426. The average Bonchev–Trinajstić information content (AvgIpc) is 3.20. The third kappa shape index (κ3) is 4.95. The van der Waals surface area contributed by atoms with E-state index in [1.807, 2.05) is 6.07 Å². The van der Waals surface area contributed by atoms with Crippen molar-refractivity contribution in [3.05, 3.63) is 30.3 Å². The predicted octanol–water partition coefficient (Wildman–Crippen LogP) is 2.49. The van der Waals surface area contributed by atoms with Crippen molar-refractivity contribution in [1.82, 2.24) is 14.7 Å². The number of benzene rings is 1. The number of nitrogens with zero attached hydrogens (tertiary/aromatic N) is 6. The lowest BCUT2D eigenvalue weighted by atomic mass is 10.1. The number of amidine groups is 2. The molecule has 0 aliphatic carbocycles. The van der Waals surface area contributed by atoms with Gasteiger partial charge in [0.2, 0.25) is 0 Å². The van der Waals surface area contributed by atoms with Crippen LogP contribution in [0.2, 0.25) is 0 Å². The van der Waals surface area contributed by atoms with Crippen molar-refractivity contribution in [3.63, 3.8) is 0 Å². The molecule has 3 amide bonds. The first-order valence-corrected chi connectivity index (χ1v) is 12.3. The van der Waals surface area contributed by atoms with Crippen LogP contribution in [0.15, 0.2) is 35.3 Å². The largest absolute Gasteiger partial charge is 0.369 e. The summed E-state index contributed by atoms with van der Waals surface area (Å²) in [6.45, 7) is 7.54. The third-order valence-electron chi connectivity index (χ3n) is 6.97. The number of carbonyl (C=O) groups is 2. The minimum atomic E-state index is -0.482. The van der Waals surface area contributed by atoms with Gasteiger partial charge in [0.15, 0.2) is 0 Å². The van der Waals surface area contributed by atoms with Crippen molar-refractivity contribution in [2.45, 2.75) is 45.1 Å². The number of carbonyl (C=O) groups excluding carboxylic acids is 2. The summed E-state index contributed by atoms with van der Waals surface area (Å²) in [6.07, 6.45) is 5.84. The van der Waals surface area contributed by atoms with Crippen molar-refractivity contribution >= 4 is 29.3 Å². The molecule has 8 heteroatoms. The van der Waals surface area contributed by atoms with Gasteiger partial charge in [0.1, 0.15) is 6.54 Å². The molecule has 1 atom stereocenters. The highest BCUT2D eigenvalue weighted by molar-refractivity contribution is 6.23. The lowest BCUT2D eigenvalue weighted by molar-refractivity contribution is -0.537. The Kier molecular flexibility index (Phi) is 7.42. The number of amides is 3. The summed E-state index contributed by atoms with van der Waals surface area (Å²) in [5, 5.41) is 0. The van der Waals surface area contributed by atoms with E-state index in [1.165, 1.54) is 34.7 Å². The van der Waals surface area contributed by atoms with Crippen LogP contribution >= 0.6 is 0 Å². The lowest BCUT2D eigenvalue weighted by Crippen LogP contribution is -2.61. The molecule has 2 saturated heterocycles. The number of aliphatic imine (C=N–C) groups is 1. The summed E-state index contributed by atoms with van der Waals surface area (Å²) in [6, 6.07) is 9.74. The summed E-state index contributed by atoms with van der Waals surface area (Å²) >= 11 is 0. The van der Waals surface area contributed by atoms with Crippen molar-refractivity contribution in [1.29, 1.82) is 0 Å². The Morgan fingerprint density at radius 3 is 2.33 bits per heavy atom. The molecule has 178 valence electrons. The van der Waals surface area contributed by atoms with Crippen LogP contribution in [0.25, 0.3) is 0 Å². The molecule has 8 nitrogen and oxygen atoms in total. The van der Waals surface area contributed by atoms with Crippen LogP contribution in [0, 0.1) is 0 Å². The zero-order valence-corrected chi connectivity index (χ0v) is 20.2. The van der Waals surface area contributed by atoms with Gasteiger partial charge in [-0.15, -0.1) is 0 Å². The molecule has 1 aromatic rings. The first kappa shape index (κ1) is 23.4. The fourth-order valence-electron chi connectivity index (χ4n) is 4.92. The van der Waals surface area contributed by atoms with Gasteiger partial charge in [-0.2, -0.15) is 0 Å². The highest BCUT2D eigenvalue weighted by Gasteiger charge is 2.52. The Morgan fingerprint density at radius 1 is 0.939 bits per heavy atom. The number of anilines is 1. The molecule has 0 spiro atoms. The Hall–Kier alpha value is -2.74. The Labute approximate surface area is 197 Å². The maximum atomic E-state index is 13.1. The highest BCUT2D eigenvalue weighted by atomic mass is 16.2. The van der Waals surface area contributed by atoms with Gasteiger partial charge in [-0.25, -0.2) is 9.37 Å². The molecular weight excluding hydrogens is 416 g/mol. The molecule has 0 radical (unpaired) electrons. The molecule has 0 N–H and O–H groups in total. The molecule has 33 heavy (non-hydrogen) atoms. The number of likely N-dealkylation sites (N-methyl/N-ethyl adjacent to an activating group) is 2. The Balaban J connectivity index is 1.47. The summed E-state index contributed by atoms with van der Waals surface area (Å²) < 4.78 is 2.16. The SMILES string of the molecule is CCCCCCC[N+]1=C(CN2CCN(c3ccccc3)CC2)N=C2C1C(=O)N(C)C(=O)N2C. The van der Waals surface area contributed by atoms with Crippen molar-refractivity contribution < 1.29 is 14.2 Å². The smallest absolute Gasteiger partial charge is 0.333 e. The van der Waals surface area contributed by atoms with Crippen LogP contribution in [0.3, 0.4) is 0 Å². The van der Waals surface area contributed by atoms with Gasteiger partial charge >= 0.3 is 11.9 Å². The van der Waals surface area contributed by atoms with Crippen LogP contribution in [0.4, 0.5) is 10.5 Å². The molecule has 0 saturated carbocycles.